The third kappa shape index (κ3) is 4.14. The number of rotatable bonds is 6. The molecule has 0 saturated carbocycles. The van der Waals surface area contributed by atoms with E-state index in [1.165, 1.54) is 6.20 Å². The Labute approximate surface area is 106 Å². The van der Waals surface area contributed by atoms with E-state index in [9.17, 15) is 9.59 Å². The number of hydrogen-bond donors (Lipinski definition) is 2. The molecule has 1 aromatic rings. The van der Waals surface area contributed by atoms with Gasteiger partial charge in [-0.2, -0.15) is 0 Å². The molecule has 0 fully saturated rings. The predicted octanol–water partition coefficient (Wildman–Crippen LogP) is 0.476. The topological polar surface area (TPSA) is 94.3 Å². The molecule has 0 aliphatic rings. The number of pyridine rings is 1. The number of carbonyl (C=O) groups is 2. The van der Waals surface area contributed by atoms with E-state index < -0.39 is 11.8 Å². The number of carbonyl (C=O) groups excluding carboxylic acids is 2. The molecule has 0 aliphatic heterocycles. The lowest BCUT2D eigenvalue weighted by atomic mass is 10.3. The first kappa shape index (κ1) is 14.1. The van der Waals surface area contributed by atoms with Gasteiger partial charge in [-0.25, -0.2) is 4.98 Å². The first-order valence-electron chi connectivity index (χ1n) is 5.81. The maximum atomic E-state index is 11.7. The zero-order valence-corrected chi connectivity index (χ0v) is 10.3. The Bertz CT molecular complexity index is 421. The average molecular weight is 251 g/mol. The fourth-order valence-corrected chi connectivity index (χ4v) is 1.24. The van der Waals surface area contributed by atoms with Gasteiger partial charge in [0.25, 0.3) is 5.91 Å². The van der Waals surface area contributed by atoms with Gasteiger partial charge in [0.05, 0.1) is 13.2 Å². The van der Waals surface area contributed by atoms with Gasteiger partial charge in [-0.1, -0.05) is 13.3 Å². The number of aromatic nitrogens is 1. The Hall–Kier alpha value is -1.95. The van der Waals surface area contributed by atoms with Crippen LogP contribution in [0.15, 0.2) is 18.3 Å². The summed E-state index contributed by atoms with van der Waals surface area (Å²) < 4.78 is 5.45. The van der Waals surface area contributed by atoms with Crippen molar-refractivity contribution >= 4 is 11.8 Å². The molecule has 1 rings (SSSR count). The second-order valence-corrected chi connectivity index (χ2v) is 3.63. The molecule has 0 atom stereocenters. The molecule has 0 spiro atoms. The number of imide groups is 1. The summed E-state index contributed by atoms with van der Waals surface area (Å²) in [4.78, 5) is 26.7. The standard InChI is InChI=1S/C12H17N3O3/c1-2-3-7-18-9-5-4-6-14-11(9)12(17)15-10(16)8-13/h4-6H,2-3,7-8,13H2,1H3,(H,15,16,17). The van der Waals surface area contributed by atoms with Crippen molar-refractivity contribution in [3.05, 3.63) is 24.0 Å². The smallest absolute Gasteiger partial charge is 0.280 e. The predicted molar refractivity (Wildman–Crippen MR) is 66.2 cm³/mol. The van der Waals surface area contributed by atoms with Crippen LogP contribution in [0, 0.1) is 0 Å². The molecule has 6 nitrogen and oxygen atoms in total. The molecule has 2 amide bonds. The molecule has 0 unspecified atom stereocenters. The summed E-state index contributed by atoms with van der Waals surface area (Å²) in [5.41, 5.74) is 5.21. The van der Waals surface area contributed by atoms with Crippen LogP contribution in [0.3, 0.4) is 0 Å². The quantitative estimate of drug-likeness (QED) is 0.717. The Morgan fingerprint density at radius 3 is 2.94 bits per heavy atom. The van der Waals surface area contributed by atoms with Crippen LogP contribution >= 0.6 is 0 Å². The largest absolute Gasteiger partial charge is 0.491 e. The van der Waals surface area contributed by atoms with Gasteiger partial charge in [0.15, 0.2) is 11.4 Å². The number of ether oxygens (including phenoxy) is 1. The Balaban J connectivity index is 2.74. The zero-order chi connectivity index (χ0) is 13.4. The molecule has 0 aliphatic carbocycles. The number of nitrogens with zero attached hydrogens (tertiary/aromatic N) is 1. The van der Waals surface area contributed by atoms with E-state index in [4.69, 9.17) is 10.5 Å². The molecule has 18 heavy (non-hydrogen) atoms. The van der Waals surface area contributed by atoms with Crippen molar-refractivity contribution in [3.63, 3.8) is 0 Å². The lowest BCUT2D eigenvalue weighted by Gasteiger charge is -2.09. The summed E-state index contributed by atoms with van der Waals surface area (Å²) in [6.45, 7) is 2.30. The highest BCUT2D eigenvalue weighted by Gasteiger charge is 2.15. The van der Waals surface area contributed by atoms with Gasteiger partial charge in [-0.3, -0.25) is 14.9 Å². The molecule has 0 saturated heterocycles. The van der Waals surface area contributed by atoms with Crippen LogP contribution in [0.2, 0.25) is 0 Å². The van der Waals surface area contributed by atoms with E-state index in [0.717, 1.165) is 12.8 Å². The molecule has 0 bridgehead atoms. The van der Waals surface area contributed by atoms with E-state index >= 15 is 0 Å². The van der Waals surface area contributed by atoms with Crippen molar-refractivity contribution in [2.24, 2.45) is 5.73 Å². The van der Waals surface area contributed by atoms with Gasteiger partial charge in [-0.05, 0) is 18.6 Å². The number of nitrogens with one attached hydrogen (secondary N) is 1. The van der Waals surface area contributed by atoms with Gasteiger partial charge in [0.1, 0.15) is 0 Å². The molecular formula is C12H17N3O3. The first-order chi connectivity index (χ1) is 8.69. The number of amides is 2. The number of nitrogens with two attached hydrogens (primary N) is 1. The maximum absolute atomic E-state index is 11.7. The molecule has 6 heteroatoms. The monoisotopic (exact) mass is 251 g/mol. The summed E-state index contributed by atoms with van der Waals surface area (Å²) in [7, 11) is 0. The summed E-state index contributed by atoms with van der Waals surface area (Å²) in [5, 5.41) is 2.13. The van der Waals surface area contributed by atoms with Crippen LogP contribution in [-0.4, -0.2) is 29.9 Å². The number of hydrogen-bond acceptors (Lipinski definition) is 5. The average Bonchev–Trinajstić information content (AvgIpc) is 2.39. The van der Waals surface area contributed by atoms with Gasteiger partial charge in [-0.15, -0.1) is 0 Å². The molecule has 1 aromatic heterocycles. The minimum absolute atomic E-state index is 0.0930. The molecule has 98 valence electrons. The van der Waals surface area contributed by atoms with E-state index in [1.54, 1.807) is 12.1 Å². The van der Waals surface area contributed by atoms with Crippen LogP contribution < -0.4 is 15.8 Å². The highest BCUT2D eigenvalue weighted by atomic mass is 16.5. The lowest BCUT2D eigenvalue weighted by molar-refractivity contribution is -0.118. The first-order valence-corrected chi connectivity index (χ1v) is 5.81. The van der Waals surface area contributed by atoms with Crippen LogP contribution in [0.5, 0.6) is 5.75 Å². The Kier molecular flexibility index (Phi) is 5.79. The normalized spacial score (nSPS) is 9.89. The summed E-state index contributed by atoms with van der Waals surface area (Å²) >= 11 is 0. The van der Waals surface area contributed by atoms with Gasteiger partial charge in [0, 0.05) is 6.20 Å². The molecule has 1 heterocycles. The van der Waals surface area contributed by atoms with Crippen LogP contribution in [0.1, 0.15) is 30.3 Å². The van der Waals surface area contributed by atoms with Gasteiger partial charge in [0.2, 0.25) is 5.91 Å². The minimum Gasteiger partial charge on any atom is -0.491 e. The highest BCUT2D eigenvalue weighted by Crippen LogP contribution is 2.15. The third-order valence-electron chi connectivity index (χ3n) is 2.18. The van der Waals surface area contributed by atoms with Gasteiger partial charge >= 0.3 is 0 Å². The fraction of sp³-hybridized carbons (Fsp3) is 0.417. The van der Waals surface area contributed by atoms with Crippen molar-refractivity contribution < 1.29 is 14.3 Å². The van der Waals surface area contributed by atoms with E-state index in [-0.39, 0.29) is 12.2 Å². The second kappa shape index (κ2) is 7.39. The summed E-state index contributed by atoms with van der Waals surface area (Å²) in [5.74, 6) is -0.781. The van der Waals surface area contributed by atoms with Crippen molar-refractivity contribution in [3.8, 4) is 5.75 Å². The molecular weight excluding hydrogens is 234 g/mol. The lowest BCUT2D eigenvalue weighted by Crippen LogP contribution is -2.36. The zero-order valence-electron chi connectivity index (χ0n) is 10.3. The summed E-state index contributed by atoms with van der Waals surface area (Å²) in [6, 6.07) is 3.31. The van der Waals surface area contributed by atoms with Crippen LogP contribution in [0.25, 0.3) is 0 Å². The van der Waals surface area contributed by atoms with E-state index in [2.05, 4.69) is 10.3 Å². The van der Waals surface area contributed by atoms with Crippen molar-refractivity contribution in [2.75, 3.05) is 13.2 Å². The SMILES string of the molecule is CCCCOc1cccnc1C(=O)NC(=O)CN. The third-order valence-corrected chi connectivity index (χ3v) is 2.18. The Morgan fingerprint density at radius 1 is 1.50 bits per heavy atom. The number of unbranched alkanes of at least 4 members (excludes halogenated alkanes) is 1. The van der Waals surface area contributed by atoms with Crippen molar-refractivity contribution in [1.82, 2.24) is 10.3 Å². The highest BCUT2D eigenvalue weighted by molar-refractivity contribution is 6.05. The summed E-state index contributed by atoms with van der Waals surface area (Å²) in [6.07, 6.45) is 3.35. The second-order valence-electron chi connectivity index (χ2n) is 3.63. The molecule has 0 aromatic carbocycles. The van der Waals surface area contributed by atoms with E-state index in [1.807, 2.05) is 6.92 Å². The van der Waals surface area contributed by atoms with E-state index in [0.29, 0.717) is 12.4 Å². The van der Waals surface area contributed by atoms with Gasteiger partial charge < -0.3 is 10.5 Å². The maximum Gasteiger partial charge on any atom is 0.280 e. The fourth-order valence-electron chi connectivity index (χ4n) is 1.24. The van der Waals surface area contributed by atoms with Crippen LogP contribution in [-0.2, 0) is 4.79 Å². The van der Waals surface area contributed by atoms with Crippen molar-refractivity contribution in [1.29, 1.82) is 0 Å². The van der Waals surface area contributed by atoms with Crippen LogP contribution in [0.4, 0.5) is 0 Å². The molecule has 3 N–H and O–H groups in total. The van der Waals surface area contributed by atoms with Crippen molar-refractivity contribution in [2.45, 2.75) is 19.8 Å². The minimum atomic E-state index is -0.599. The Morgan fingerprint density at radius 2 is 2.28 bits per heavy atom. The molecule has 0 radical (unpaired) electrons.